The van der Waals surface area contributed by atoms with Gasteiger partial charge in [-0.05, 0) is 36.4 Å². The van der Waals surface area contributed by atoms with Crippen LogP contribution >= 0.6 is 0 Å². The number of hydrogen-bond acceptors (Lipinski definition) is 7. The predicted octanol–water partition coefficient (Wildman–Crippen LogP) is 4.64. The van der Waals surface area contributed by atoms with Gasteiger partial charge in [0.2, 0.25) is 0 Å². The molecule has 4 N–H and O–H groups in total. The minimum absolute atomic E-state index is 0.418. The minimum Gasteiger partial charge on any atom is -0.393 e. The van der Waals surface area contributed by atoms with Gasteiger partial charge in [0.15, 0.2) is 11.6 Å². The first-order valence-electron chi connectivity index (χ1n) is 9.11. The van der Waals surface area contributed by atoms with Crippen molar-refractivity contribution in [2.45, 2.75) is 0 Å². The number of anilines is 5. The number of nitrogen functional groups attached to an aromatic ring is 1. The third kappa shape index (κ3) is 3.14. The zero-order chi connectivity index (χ0) is 19.6. The van der Waals surface area contributed by atoms with E-state index in [4.69, 9.17) is 5.73 Å². The van der Waals surface area contributed by atoms with E-state index in [1.807, 2.05) is 60.7 Å². The standard InChI is InChI=1S/C22H17N7/c23-19-21(28-17-9-2-8-16-15(17)7-4-11-24-16)26-13-27-22(19)29-18-10-1-5-14-6-3-12-25-20(14)18/h1-13H,23H2,(H2,26,27,28,29). The molecule has 7 nitrogen and oxygen atoms in total. The number of para-hydroxylation sites is 1. The SMILES string of the molecule is Nc1c(Nc2cccc3ncccc23)ncnc1Nc1cccc2cccnc12. The van der Waals surface area contributed by atoms with Gasteiger partial charge in [-0.2, -0.15) is 0 Å². The Hall–Kier alpha value is -4.26. The summed E-state index contributed by atoms with van der Waals surface area (Å²) in [4.78, 5) is 17.5. The summed E-state index contributed by atoms with van der Waals surface area (Å²) in [5, 5.41) is 8.62. The zero-order valence-electron chi connectivity index (χ0n) is 15.4. The number of rotatable bonds is 4. The summed E-state index contributed by atoms with van der Waals surface area (Å²) < 4.78 is 0. The van der Waals surface area contributed by atoms with E-state index in [-0.39, 0.29) is 0 Å². The maximum Gasteiger partial charge on any atom is 0.159 e. The van der Waals surface area contributed by atoms with Gasteiger partial charge in [-0.1, -0.05) is 24.3 Å². The molecular formula is C22H17N7. The highest BCUT2D eigenvalue weighted by Gasteiger charge is 2.12. The van der Waals surface area contributed by atoms with E-state index in [0.717, 1.165) is 33.2 Å². The number of nitrogens with two attached hydrogens (primary N) is 1. The lowest BCUT2D eigenvalue weighted by Gasteiger charge is -2.14. The summed E-state index contributed by atoms with van der Waals surface area (Å²) >= 11 is 0. The van der Waals surface area contributed by atoms with Crippen molar-refractivity contribution in [1.29, 1.82) is 0 Å². The zero-order valence-corrected chi connectivity index (χ0v) is 15.4. The van der Waals surface area contributed by atoms with Crippen LogP contribution in [-0.4, -0.2) is 19.9 Å². The Kier molecular flexibility index (Phi) is 4.10. The molecule has 0 amide bonds. The van der Waals surface area contributed by atoms with E-state index in [2.05, 4.69) is 30.6 Å². The maximum absolute atomic E-state index is 6.38. The van der Waals surface area contributed by atoms with Gasteiger partial charge in [0.1, 0.15) is 12.0 Å². The van der Waals surface area contributed by atoms with Gasteiger partial charge < -0.3 is 16.4 Å². The second-order valence-corrected chi connectivity index (χ2v) is 6.49. The third-order valence-corrected chi connectivity index (χ3v) is 4.67. The molecule has 29 heavy (non-hydrogen) atoms. The molecule has 3 aromatic heterocycles. The van der Waals surface area contributed by atoms with E-state index >= 15 is 0 Å². The molecule has 0 aliphatic carbocycles. The van der Waals surface area contributed by atoms with E-state index in [0.29, 0.717) is 17.3 Å². The highest BCUT2D eigenvalue weighted by molar-refractivity contribution is 5.96. The molecule has 140 valence electrons. The number of hydrogen-bond donors (Lipinski definition) is 3. The number of nitrogens with one attached hydrogen (secondary N) is 2. The quantitative estimate of drug-likeness (QED) is 0.418. The monoisotopic (exact) mass is 379 g/mol. The van der Waals surface area contributed by atoms with Crippen LogP contribution in [0.25, 0.3) is 21.8 Å². The molecule has 0 unspecified atom stereocenters. The summed E-state index contributed by atoms with van der Waals surface area (Å²) in [7, 11) is 0. The van der Waals surface area contributed by atoms with Gasteiger partial charge in [0, 0.05) is 28.9 Å². The average Bonchev–Trinajstić information content (AvgIpc) is 2.77. The summed E-state index contributed by atoms with van der Waals surface area (Å²) in [5.41, 5.74) is 10.2. The van der Waals surface area contributed by atoms with E-state index in [1.165, 1.54) is 6.33 Å². The van der Waals surface area contributed by atoms with Gasteiger partial charge in [-0.15, -0.1) is 0 Å². The lowest BCUT2D eigenvalue weighted by atomic mass is 10.2. The average molecular weight is 379 g/mol. The van der Waals surface area contributed by atoms with Crippen LogP contribution in [-0.2, 0) is 0 Å². The van der Waals surface area contributed by atoms with Crippen LogP contribution in [0.1, 0.15) is 0 Å². The number of aromatic nitrogens is 4. The molecule has 0 aliphatic rings. The molecule has 0 atom stereocenters. The Balaban J connectivity index is 1.52. The molecular weight excluding hydrogens is 362 g/mol. The molecule has 0 radical (unpaired) electrons. The molecule has 0 saturated heterocycles. The predicted molar refractivity (Wildman–Crippen MR) is 116 cm³/mol. The van der Waals surface area contributed by atoms with Crippen molar-refractivity contribution < 1.29 is 0 Å². The van der Waals surface area contributed by atoms with E-state index in [1.54, 1.807) is 12.4 Å². The third-order valence-electron chi connectivity index (χ3n) is 4.67. The van der Waals surface area contributed by atoms with E-state index < -0.39 is 0 Å². The van der Waals surface area contributed by atoms with Crippen molar-refractivity contribution in [3.63, 3.8) is 0 Å². The largest absolute Gasteiger partial charge is 0.393 e. The lowest BCUT2D eigenvalue weighted by molar-refractivity contribution is 1.17. The first kappa shape index (κ1) is 16.9. The first-order valence-corrected chi connectivity index (χ1v) is 9.11. The first-order chi connectivity index (χ1) is 14.3. The molecule has 0 spiro atoms. The summed E-state index contributed by atoms with van der Waals surface area (Å²) in [5.74, 6) is 1.03. The van der Waals surface area contributed by atoms with Gasteiger partial charge in [-0.25, -0.2) is 9.97 Å². The lowest BCUT2D eigenvalue weighted by Crippen LogP contribution is -2.05. The normalized spacial score (nSPS) is 10.9. The molecule has 5 rings (SSSR count). The highest BCUT2D eigenvalue weighted by atomic mass is 15.1. The Morgan fingerprint density at radius 2 is 1.34 bits per heavy atom. The summed E-state index contributed by atoms with van der Waals surface area (Å²) in [6.07, 6.45) is 5.01. The van der Waals surface area contributed by atoms with Crippen LogP contribution in [0, 0.1) is 0 Å². The molecule has 0 bridgehead atoms. The van der Waals surface area contributed by atoms with Crippen molar-refractivity contribution in [3.8, 4) is 0 Å². The minimum atomic E-state index is 0.418. The summed E-state index contributed by atoms with van der Waals surface area (Å²) in [6.45, 7) is 0. The molecule has 0 aliphatic heterocycles. The second kappa shape index (κ2) is 7.05. The molecule has 3 heterocycles. The van der Waals surface area contributed by atoms with Gasteiger partial charge >= 0.3 is 0 Å². The fraction of sp³-hybridized carbons (Fsp3) is 0. The maximum atomic E-state index is 6.38. The molecule has 0 fully saturated rings. The van der Waals surface area contributed by atoms with Crippen LogP contribution in [0.3, 0.4) is 0 Å². The van der Waals surface area contributed by atoms with Crippen LogP contribution in [0.2, 0.25) is 0 Å². The Labute approximate surface area is 166 Å². The van der Waals surface area contributed by atoms with Crippen LogP contribution in [0.15, 0.2) is 79.4 Å². The number of fused-ring (bicyclic) bond motifs is 2. The second-order valence-electron chi connectivity index (χ2n) is 6.49. The fourth-order valence-electron chi connectivity index (χ4n) is 3.27. The van der Waals surface area contributed by atoms with Crippen molar-refractivity contribution in [1.82, 2.24) is 19.9 Å². The topological polar surface area (TPSA) is 102 Å². The van der Waals surface area contributed by atoms with Crippen LogP contribution < -0.4 is 16.4 Å². The summed E-state index contributed by atoms with van der Waals surface area (Å²) in [6, 6.07) is 19.6. The van der Waals surface area contributed by atoms with Crippen molar-refractivity contribution >= 4 is 50.5 Å². The van der Waals surface area contributed by atoms with Crippen LogP contribution in [0.4, 0.5) is 28.7 Å². The Morgan fingerprint density at radius 1 is 0.655 bits per heavy atom. The molecule has 2 aromatic carbocycles. The van der Waals surface area contributed by atoms with Gasteiger partial charge in [0.05, 0.1) is 16.7 Å². The molecule has 5 aromatic rings. The van der Waals surface area contributed by atoms with Crippen molar-refractivity contribution in [3.05, 3.63) is 79.4 Å². The number of pyridine rings is 2. The smallest absolute Gasteiger partial charge is 0.159 e. The van der Waals surface area contributed by atoms with Crippen molar-refractivity contribution in [2.75, 3.05) is 16.4 Å². The highest BCUT2D eigenvalue weighted by Crippen LogP contribution is 2.32. The molecule has 7 heteroatoms. The Morgan fingerprint density at radius 3 is 2.24 bits per heavy atom. The number of benzene rings is 2. The Bertz CT molecular complexity index is 1220. The number of nitrogens with zero attached hydrogens (tertiary/aromatic N) is 4. The van der Waals surface area contributed by atoms with Crippen molar-refractivity contribution in [2.24, 2.45) is 0 Å². The van der Waals surface area contributed by atoms with Gasteiger partial charge in [-0.3, -0.25) is 9.97 Å². The van der Waals surface area contributed by atoms with Gasteiger partial charge in [0.25, 0.3) is 0 Å². The van der Waals surface area contributed by atoms with Crippen LogP contribution in [0.5, 0.6) is 0 Å². The van der Waals surface area contributed by atoms with E-state index in [9.17, 15) is 0 Å². The fourth-order valence-corrected chi connectivity index (χ4v) is 3.27. The molecule has 0 saturated carbocycles.